The van der Waals surface area contributed by atoms with Crippen LogP contribution in [0.2, 0.25) is 5.02 Å². The van der Waals surface area contributed by atoms with Crippen LogP contribution in [0.5, 0.6) is 0 Å². The Labute approximate surface area is 192 Å². The first-order valence-corrected chi connectivity index (χ1v) is 11.6. The predicted molar refractivity (Wildman–Crippen MR) is 126 cm³/mol. The van der Waals surface area contributed by atoms with E-state index >= 15 is 0 Å². The zero-order chi connectivity index (χ0) is 22.4. The fourth-order valence-electron chi connectivity index (χ4n) is 3.40. The molecule has 31 heavy (non-hydrogen) atoms. The molecule has 0 atom stereocenters. The Kier molecular flexibility index (Phi) is 8.05. The second-order valence-corrected chi connectivity index (χ2v) is 10.3. The van der Waals surface area contributed by atoms with Crippen LogP contribution in [0, 0.1) is 0 Å². The largest absolute Gasteiger partial charge is 0.350 e. The lowest BCUT2D eigenvalue weighted by atomic mass is 10.1. The fourth-order valence-corrected chi connectivity index (χ4v) is 4.46. The molecule has 0 unspecified atom stereocenters. The van der Waals surface area contributed by atoms with E-state index in [2.05, 4.69) is 25.4 Å². The topological polar surface area (TPSA) is 77.6 Å². The minimum atomic E-state index is -0.222. The predicted octanol–water partition coefficient (Wildman–Crippen LogP) is 2.86. The van der Waals surface area contributed by atoms with Crippen molar-refractivity contribution in [3.63, 3.8) is 0 Å². The molecule has 7 nitrogen and oxygen atoms in total. The van der Waals surface area contributed by atoms with Gasteiger partial charge in [0.15, 0.2) is 5.13 Å². The van der Waals surface area contributed by atoms with Crippen LogP contribution in [-0.2, 0) is 16.0 Å². The van der Waals surface area contributed by atoms with Gasteiger partial charge in [-0.15, -0.1) is 11.3 Å². The molecule has 2 N–H and O–H groups in total. The summed E-state index contributed by atoms with van der Waals surface area (Å²) in [6, 6.07) is 7.73. The summed E-state index contributed by atoms with van der Waals surface area (Å²) < 4.78 is 0. The highest BCUT2D eigenvalue weighted by molar-refractivity contribution is 7.15. The van der Waals surface area contributed by atoms with Gasteiger partial charge in [-0.1, -0.05) is 29.8 Å². The van der Waals surface area contributed by atoms with Gasteiger partial charge in [0.05, 0.1) is 13.1 Å². The number of carbonyl (C=O) groups excluding carboxylic acids is 2. The summed E-state index contributed by atoms with van der Waals surface area (Å²) in [5.41, 5.74) is 0.819. The van der Waals surface area contributed by atoms with E-state index in [1.165, 1.54) is 11.3 Å². The number of nitrogens with zero attached hydrogens (tertiary/aromatic N) is 3. The summed E-state index contributed by atoms with van der Waals surface area (Å²) in [6.45, 7) is 9.69. The van der Waals surface area contributed by atoms with E-state index in [9.17, 15) is 9.59 Å². The highest BCUT2D eigenvalue weighted by atomic mass is 35.5. The zero-order valence-corrected chi connectivity index (χ0v) is 19.9. The molecule has 168 valence electrons. The summed E-state index contributed by atoms with van der Waals surface area (Å²) in [4.78, 5) is 34.1. The summed E-state index contributed by atoms with van der Waals surface area (Å²) >= 11 is 7.69. The maximum Gasteiger partial charge on any atom is 0.240 e. The van der Waals surface area contributed by atoms with Crippen LogP contribution in [-0.4, -0.2) is 71.4 Å². The molecule has 3 rings (SSSR count). The lowest BCUT2D eigenvalue weighted by Crippen LogP contribution is -2.52. The molecule has 0 radical (unpaired) electrons. The van der Waals surface area contributed by atoms with Crippen LogP contribution in [0.1, 0.15) is 31.2 Å². The molecule has 0 bridgehead atoms. The minimum absolute atomic E-state index is 0.0371. The van der Waals surface area contributed by atoms with Crippen molar-refractivity contribution in [1.29, 1.82) is 0 Å². The summed E-state index contributed by atoms with van der Waals surface area (Å²) in [5.74, 6) is -0.0346. The van der Waals surface area contributed by atoms with Gasteiger partial charge in [-0.25, -0.2) is 4.98 Å². The number of thiazole rings is 1. The van der Waals surface area contributed by atoms with Crippen molar-refractivity contribution in [2.24, 2.45) is 0 Å². The van der Waals surface area contributed by atoms with Crippen LogP contribution in [0.25, 0.3) is 0 Å². The molecular formula is C22H30ClN5O2S. The van der Waals surface area contributed by atoms with Crippen LogP contribution < -0.4 is 10.6 Å². The zero-order valence-electron chi connectivity index (χ0n) is 18.3. The highest BCUT2D eigenvalue weighted by Crippen LogP contribution is 2.24. The van der Waals surface area contributed by atoms with Crippen LogP contribution >= 0.6 is 22.9 Å². The first kappa shape index (κ1) is 23.7. The number of benzene rings is 1. The number of piperazine rings is 1. The van der Waals surface area contributed by atoms with Crippen molar-refractivity contribution in [3.8, 4) is 0 Å². The SMILES string of the molecule is CC(C)(C)NC(=O)CN1CCN(CC(=O)Nc2ncc(Cc3ccccc3Cl)s2)CC1. The number of halogens is 1. The lowest BCUT2D eigenvalue weighted by molar-refractivity contribution is -0.124. The number of amides is 2. The highest BCUT2D eigenvalue weighted by Gasteiger charge is 2.22. The van der Waals surface area contributed by atoms with E-state index in [4.69, 9.17) is 11.6 Å². The average molecular weight is 464 g/mol. The third kappa shape index (κ3) is 7.88. The van der Waals surface area contributed by atoms with Crippen molar-refractivity contribution in [1.82, 2.24) is 20.1 Å². The van der Waals surface area contributed by atoms with Gasteiger partial charge in [-0.2, -0.15) is 0 Å². The van der Waals surface area contributed by atoms with Crippen LogP contribution in [0.4, 0.5) is 5.13 Å². The van der Waals surface area contributed by atoms with E-state index < -0.39 is 0 Å². The Morgan fingerprint density at radius 3 is 2.29 bits per heavy atom. The molecule has 1 fully saturated rings. The van der Waals surface area contributed by atoms with Gasteiger partial charge in [0, 0.05) is 54.2 Å². The van der Waals surface area contributed by atoms with Gasteiger partial charge in [0.2, 0.25) is 11.8 Å². The molecule has 0 saturated carbocycles. The Balaban J connectivity index is 1.40. The van der Waals surface area contributed by atoms with E-state index in [0.717, 1.165) is 41.6 Å². The van der Waals surface area contributed by atoms with Crippen molar-refractivity contribution < 1.29 is 9.59 Å². The Morgan fingerprint density at radius 1 is 1.06 bits per heavy atom. The van der Waals surface area contributed by atoms with Crippen LogP contribution in [0.15, 0.2) is 30.5 Å². The minimum Gasteiger partial charge on any atom is -0.350 e. The van der Waals surface area contributed by atoms with Gasteiger partial charge >= 0.3 is 0 Å². The first-order valence-electron chi connectivity index (χ1n) is 10.4. The monoisotopic (exact) mass is 463 g/mol. The second-order valence-electron chi connectivity index (χ2n) is 8.80. The molecule has 1 aliphatic heterocycles. The molecule has 0 aliphatic carbocycles. The number of carbonyl (C=O) groups is 2. The molecule has 2 heterocycles. The second kappa shape index (κ2) is 10.5. The maximum absolute atomic E-state index is 12.4. The standard InChI is InChI=1S/C22H30ClN5O2S/c1-22(2,3)26-20(30)15-28-10-8-27(9-11-28)14-19(29)25-21-24-13-17(31-21)12-16-6-4-5-7-18(16)23/h4-7,13H,8-12,14-15H2,1-3H3,(H,26,30)(H,24,25,29). The van der Waals surface area contributed by atoms with Crippen molar-refractivity contribution in [2.45, 2.75) is 32.7 Å². The van der Waals surface area contributed by atoms with Crippen molar-refractivity contribution >= 4 is 39.9 Å². The molecule has 2 aromatic rings. The molecule has 1 aliphatic rings. The summed E-state index contributed by atoms with van der Waals surface area (Å²) in [7, 11) is 0. The molecule has 9 heteroatoms. The van der Waals surface area contributed by atoms with Gasteiger partial charge in [0.1, 0.15) is 0 Å². The Hall–Kier alpha value is -2.00. The smallest absolute Gasteiger partial charge is 0.240 e. The van der Waals surface area contributed by atoms with E-state index in [0.29, 0.717) is 24.6 Å². The number of hydrogen-bond donors (Lipinski definition) is 2. The maximum atomic E-state index is 12.4. The van der Waals surface area contributed by atoms with Crippen molar-refractivity contribution in [3.05, 3.63) is 45.9 Å². The molecule has 1 saturated heterocycles. The van der Waals surface area contributed by atoms with Crippen LogP contribution in [0.3, 0.4) is 0 Å². The Bertz CT molecular complexity index is 903. The van der Waals surface area contributed by atoms with Gasteiger partial charge in [-0.3, -0.25) is 19.4 Å². The summed E-state index contributed by atoms with van der Waals surface area (Å²) in [5, 5.41) is 7.22. The number of rotatable bonds is 7. The molecule has 2 amide bonds. The Morgan fingerprint density at radius 2 is 1.68 bits per heavy atom. The van der Waals surface area contributed by atoms with Gasteiger partial charge in [-0.05, 0) is 32.4 Å². The number of anilines is 1. The normalized spacial score (nSPS) is 15.6. The number of nitrogens with one attached hydrogen (secondary N) is 2. The third-order valence-electron chi connectivity index (χ3n) is 4.84. The molecular weight excluding hydrogens is 434 g/mol. The van der Waals surface area contributed by atoms with Crippen molar-refractivity contribution in [2.75, 3.05) is 44.6 Å². The fraction of sp³-hybridized carbons (Fsp3) is 0.500. The third-order valence-corrected chi connectivity index (χ3v) is 6.12. The van der Waals surface area contributed by atoms with Gasteiger partial charge < -0.3 is 10.6 Å². The number of hydrogen-bond acceptors (Lipinski definition) is 6. The first-order chi connectivity index (χ1) is 14.7. The molecule has 1 aromatic heterocycles. The molecule has 1 aromatic carbocycles. The van der Waals surface area contributed by atoms with E-state index in [1.807, 2.05) is 45.0 Å². The molecule has 0 spiro atoms. The van der Waals surface area contributed by atoms with E-state index in [1.54, 1.807) is 6.20 Å². The lowest BCUT2D eigenvalue weighted by Gasteiger charge is -2.34. The number of aromatic nitrogens is 1. The van der Waals surface area contributed by atoms with Gasteiger partial charge in [0.25, 0.3) is 0 Å². The quantitative estimate of drug-likeness (QED) is 0.660. The summed E-state index contributed by atoms with van der Waals surface area (Å²) in [6.07, 6.45) is 2.48. The average Bonchev–Trinajstić information content (AvgIpc) is 3.10. The van der Waals surface area contributed by atoms with E-state index in [-0.39, 0.29) is 17.4 Å².